The van der Waals surface area contributed by atoms with Crippen LogP contribution >= 0.6 is 0 Å². The van der Waals surface area contributed by atoms with Gasteiger partial charge in [-0.05, 0) is 57.2 Å². The fourth-order valence-corrected chi connectivity index (χ4v) is 4.17. The summed E-state index contributed by atoms with van der Waals surface area (Å²) in [6.07, 6.45) is 7.54. The first-order chi connectivity index (χ1) is 13.9. The molecule has 2 aromatic rings. The third-order valence-corrected chi connectivity index (χ3v) is 5.72. The molecule has 2 fully saturated rings. The molecule has 2 aliphatic rings. The highest BCUT2D eigenvalue weighted by Crippen LogP contribution is 2.26. The lowest BCUT2D eigenvalue weighted by atomic mass is 10.1. The lowest BCUT2D eigenvalue weighted by molar-refractivity contribution is 0.0166. The number of anilines is 1. The van der Waals surface area contributed by atoms with Crippen molar-refractivity contribution in [2.24, 2.45) is 0 Å². The number of hydrogen-bond acceptors (Lipinski definition) is 5. The number of piperidine rings is 1. The first kappa shape index (κ1) is 19.6. The molecule has 1 unspecified atom stereocenters. The average molecular weight is 384 g/mol. The van der Waals surface area contributed by atoms with Crippen LogP contribution < -0.4 is 10.2 Å². The minimum atomic E-state index is 0.323. The van der Waals surface area contributed by atoms with Crippen LogP contribution in [0.4, 0.5) is 5.82 Å². The van der Waals surface area contributed by atoms with Gasteiger partial charge in [0, 0.05) is 43.8 Å². The fraction of sp³-hybridized carbons (Fsp3) is 0.609. The van der Waals surface area contributed by atoms with Crippen LogP contribution in [-0.2, 0) is 16.0 Å². The van der Waals surface area contributed by atoms with Crippen molar-refractivity contribution >= 4 is 16.7 Å². The Morgan fingerprint density at radius 2 is 2.04 bits per heavy atom. The van der Waals surface area contributed by atoms with Gasteiger partial charge in [0.2, 0.25) is 0 Å². The largest absolute Gasteiger partial charge is 0.379 e. The van der Waals surface area contributed by atoms with Gasteiger partial charge in [0.15, 0.2) is 0 Å². The van der Waals surface area contributed by atoms with Crippen LogP contribution in [0.25, 0.3) is 10.9 Å². The molecule has 28 heavy (non-hydrogen) atoms. The quantitative estimate of drug-likeness (QED) is 0.666. The third-order valence-electron chi connectivity index (χ3n) is 5.72. The van der Waals surface area contributed by atoms with Gasteiger partial charge >= 0.3 is 0 Å². The van der Waals surface area contributed by atoms with Gasteiger partial charge in [-0.25, -0.2) is 4.98 Å². The second kappa shape index (κ2) is 10.2. The standard InChI is InChI=1S/C23H33N3O2/c1-4-12-26(13-5-1)23-20(16-19-8-2-3-10-22(19)25-23)17-24-11-7-14-27-18-21-9-6-15-28-21/h2-3,8,10,16,21,24H,1,4-7,9,11-15,17-18H2. The Kier molecular flexibility index (Phi) is 7.14. The van der Waals surface area contributed by atoms with Gasteiger partial charge in [0.05, 0.1) is 18.2 Å². The lowest BCUT2D eigenvalue weighted by Gasteiger charge is -2.30. The van der Waals surface area contributed by atoms with Crippen LogP contribution in [0.15, 0.2) is 30.3 Å². The van der Waals surface area contributed by atoms with Crippen LogP contribution in [0.1, 0.15) is 44.1 Å². The zero-order valence-corrected chi connectivity index (χ0v) is 16.9. The number of ether oxygens (including phenoxy) is 2. The van der Waals surface area contributed by atoms with E-state index in [0.29, 0.717) is 6.10 Å². The van der Waals surface area contributed by atoms with Gasteiger partial charge in [-0.15, -0.1) is 0 Å². The molecule has 0 saturated carbocycles. The first-order valence-electron chi connectivity index (χ1n) is 10.9. The molecule has 1 N–H and O–H groups in total. The summed E-state index contributed by atoms with van der Waals surface area (Å²) in [5.41, 5.74) is 2.40. The highest BCUT2D eigenvalue weighted by Gasteiger charge is 2.17. The number of nitrogens with one attached hydrogen (secondary N) is 1. The number of benzene rings is 1. The predicted octanol–water partition coefficient (Wildman–Crippen LogP) is 3.90. The normalized spacial score (nSPS) is 20.1. The van der Waals surface area contributed by atoms with E-state index in [0.717, 1.165) is 64.4 Å². The summed E-state index contributed by atoms with van der Waals surface area (Å²) in [7, 11) is 0. The Balaban J connectivity index is 1.30. The van der Waals surface area contributed by atoms with Crippen molar-refractivity contribution < 1.29 is 9.47 Å². The van der Waals surface area contributed by atoms with E-state index in [1.54, 1.807) is 0 Å². The van der Waals surface area contributed by atoms with E-state index in [-0.39, 0.29) is 0 Å². The SMILES string of the molecule is c1ccc2nc(N3CCCCC3)c(CNCCCOCC3CCCO3)cc2c1. The summed E-state index contributed by atoms with van der Waals surface area (Å²) >= 11 is 0. The first-order valence-corrected chi connectivity index (χ1v) is 10.9. The second-order valence-electron chi connectivity index (χ2n) is 7.95. The summed E-state index contributed by atoms with van der Waals surface area (Å²) in [6.45, 7) is 6.49. The van der Waals surface area contributed by atoms with Crippen LogP contribution in [-0.4, -0.2) is 50.5 Å². The Labute approximate surface area is 168 Å². The number of aromatic nitrogens is 1. The van der Waals surface area contributed by atoms with Gasteiger partial charge in [0.1, 0.15) is 5.82 Å². The van der Waals surface area contributed by atoms with E-state index in [1.807, 2.05) is 0 Å². The number of pyridine rings is 1. The van der Waals surface area contributed by atoms with Crippen molar-refractivity contribution in [3.05, 3.63) is 35.9 Å². The van der Waals surface area contributed by atoms with E-state index >= 15 is 0 Å². The van der Waals surface area contributed by atoms with Crippen LogP contribution in [0.2, 0.25) is 0 Å². The Morgan fingerprint density at radius 3 is 2.89 bits per heavy atom. The molecule has 3 heterocycles. The van der Waals surface area contributed by atoms with Crippen molar-refractivity contribution in [1.82, 2.24) is 10.3 Å². The molecular formula is C23H33N3O2. The topological polar surface area (TPSA) is 46.6 Å². The maximum atomic E-state index is 5.76. The van der Waals surface area contributed by atoms with Crippen LogP contribution in [0.5, 0.6) is 0 Å². The summed E-state index contributed by atoms with van der Waals surface area (Å²) in [5.74, 6) is 1.17. The van der Waals surface area contributed by atoms with Crippen molar-refractivity contribution in [1.29, 1.82) is 0 Å². The lowest BCUT2D eigenvalue weighted by Crippen LogP contribution is -2.32. The highest BCUT2D eigenvalue weighted by atomic mass is 16.5. The van der Waals surface area contributed by atoms with E-state index in [4.69, 9.17) is 14.5 Å². The number of hydrogen-bond donors (Lipinski definition) is 1. The molecule has 0 radical (unpaired) electrons. The molecule has 0 amide bonds. The fourth-order valence-electron chi connectivity index (χ4n) is 4.17. The molecular weight excluding hydrogens is 350 g/mol. The molecule has 152 valence electrons. The van der Waals surface area contributed by atoms with Crippen molar-refractivity contribution in [2.45, 2.75) is 51.2 Å². The van der Waals surface area contributed by atoms with E-state index in [2.05, 4.69) is 40.5 Å². The number of rotatable bonds is 9. The predicted molar refractivity (Wildman–Crippen MR) is 114 cm³/mol. The van der Waals surface area contributed by atoms with E-state index < -0.39 is 0 Å². The number of fused-ring (bicyclic) bond motifs is 1. The molecule has 0 bridgehead atoms. The molecule has 2 aliphatic heterocycles. The van der Waals surface area contributed by atoms with E-state index in [1.165, 1.54) is 42.5 Å². The van der Waals surface area contributed by atoms with Gasteiger partial charge in [-0.1, -0.05) is 18.2 Å². The Morgan fingerprint density at radius 1 is 1.14 bits per heavy atom. The summed E-state index contributed by atoms with van der Waals surface area (Å²) < 4.78 is 11.4. The second-order valence-corrected chi connectivity index (χ2v) is 7.95. The van der Waals surface area contributed by atoms with Gasteiger partial charge in [-0.3, -0.25) is 0 Å². The van der Waals surface area contributed by atoms with Crippen LogP contribution in [0, 0.1) is 0 Å². The summed E-state index contributed by atoms with van der Waals surface area (Å²) in [5, 5.41) is 4.82. The third kappa shape index (κ3) is 5.22. The maximum Gasteiger partial charge on any atom is 0.133 e. The molecule has 1 atom stereocenters. The molecule has 0 spiro atoms. The summed E-state index contributed by atoms with van der Waals surface area (Å²) in [4.78, 5) is 7.49. The van der Waals surface area contributed by atoms with Gasteiger partial charge in [-0.2, -0.15) is 0 Å². The monoisotopic (exact) mass is 383 g/mol. The Hall–Kier alpha value is -1.69. The van der Waals surface area contributed by atoms with Crippen LogP contribution in [0.3, 0.4) is 0 Å². The van der Waals surface area contributed by atoms with E-state index in [9.17, 15) is 0 Å². The highest BCUT2D eigenvalue weighted by molar-refractivity contribution is 5.81. The summed E-state index contributed by atoms with van der Waals surface area (Å²) in [6, 6.07) is 10.8. The van der Waals surface area contributed by atoms with Gasteiger partial charge < -0.3 is 19.7 Å². The zero-order valence-electron chi connectivity index (χ0n) is 16.9. The van der Waals surface area contributed by atoms with Crippen molar-refractivity contribution in [3.63, 3.8) is 0 Å². The molecule has 5 nitrogen and oxygen atoms in total. The van der Waals surface area contributed by atoms with Crippen molar-refractivity contribution in [2.75, 3.05) is 44.4 Å². The molecule has 1 aromatic heterocycles. The molecule has 2 saturated heterocycles. The molecule has 1 aromatic carbocycles. The maximum absolute atomic E-state index is 5.76. The Bertz CT molecular complexity index is 740. The molecule has 4 rings (SSSR count). The zero-order chi connectivity index (χ0) is 19.0. The molecule has 5 heteroatoms. The van der Waals surface area contributed by atoms with Gasteiger partial charge in [0.25, 0.3) is 0 Å². The number of nitrogens with zero attached hydrogens (tertiary/aromatic N) is 2. The minimum Gasteiger partial charge on any atom is -0.379 e. The number of para-hydroxylation sites is 1. The van der Waals surface area contributed by atoms with Crippen molar-refractivity contribution in [3.8, 4) is 0 Å². The minimum absolute atomic E-state index is 0.323. The average Bonchev–Trinajstić information content (AvgIpc) is 3.26. The molecule has 0 aliphatic carbocycles. The smallest absolute Gasteiger partial charge is 0.133 e.